The molecule has 108 valence electrons. The first-order chi connectivity index (χ1) is 8.42. The third kappa shape index (κ3) is 2.91. The van der Waals surface area contributed by atoms with Crippen molar-refractivity contribution in [3.8, 4) is 0 Å². The Hall–Kier alpha value is -1.92. The first kappa shape index (κ1) is 17.1. The topological polar surface area (TPSA) is 129 Å². The lowest BCUT2D eigenvalue weighted by Gasteiger charge is -2.38. The number of ketones is 1. The van der Waals surface area contributed by atoms with Gasteiger partial charge in [-0.25, -0.2) is 4.79 Å². The van der Waals surface area contributed by atoms with E-state index in [1.165, 1.54) is 27.7 Å². The Labute approximate surface area is 110 Å². The maximum absolute atomic E-state index is 11.8. The molecular weight excluding hydrogens is 256 g/mol. The summed E-state index contributed by atoms with van der Waals surface area (Å²) in [7, 11) is 0. The van der Waals surface area contributed by atoms with Crippen molar-refractivity contribution in [3.05, 3.63) is 0 Å². The molecule has 0 heterocycles. The lowest BCUT2D eigenvalue weighted by Crippen LogP contribution is -2.55. The number of hydrogen-bond acceptors (Lipinski definition) is 4. The van der Waals surface area contributed by atoms with Crippen molar-refractivity contribution < 1.29 is 34.5 Å². The van der Waals surface area contributed by atoms with Gasteiger partial charge in [-0.15, -0.1) is 0 Å². The molecule has 0 spiro atoms. The van der Waals surface area contributed by atoms with Gasteiger partial charge in [-0.1, -0.05) is 27.7 Å². The number of carbonyl (C=O) groups excluding carboxylic acids is 1. The zero-order chi connectivity index (χ0) is 15.6. The van der Waals surface area contributed by atoms with Gasteiger partial charge in [0.1, 0.15) is 0 Å². The van der Waals surface area contributed by atoms with Crippen LogP contribution in [-0.4, -0.2) is 39.0 Å². The van der Waals surface area contributed by atoms with Crippen LogP contribution in [0.5, 0.6) is 0 Å². The van der Waals surface area contributed by atoms with E-state index in [0.717, 1.165) is 0 Å². The summed E-state index contributed by atoms with van der Waals surface area (Å²) in [5, 5.41) is 27.3. The van der Waals surface area contributed by atoms with Gasteiger partial charge in [0.05, 0.1) is 5.92 Å². The van der Waals surface area contributed by atoms with Crippen molar-refractivity contribution in [2.75, 3.05) is 0 Å². The number of hydrogen-bond donors (Lipinski definition) is 3. The monoisotopic (exact) mass is 274 g/mol. The molecule has 0 fully saturated rings. The highest BCUT2D eigenvalue weighted by Gasteiger charge is 2.60. The van der Waals surface area contributed by atoms with Crippen molar-refractivity contribution in [2.24, 2.45) is 16.7 Å². The molecule has 2 atom stereocenters. The van der Waals surface area contributed by atoms with Gasteiger partial charge in [0.2, 0.25) is 0 Å². The molecule has 2 unspecified atom stereocenters. The molecule has 7 nitrogen and oxygen atoms in total. The second kappa shape index (κ2) is 5.38. The maximum Gasteiger partial charge on any atom is 0.373 e. The SMILES string of the molecule is CCC(C(=O)O)(C(=O)C(=O)O)C(C(=O)O)C(C)(C)C. The molecule has 0 aromatic carbocycles. The van der Waals surface area contributed by atoms with Crippen LogP contribution in [0.15, 0.2) is 0 Å². The molecule has 0 rings (SSSR count). The van der Waals surface area contributed by atoms with Gasteiger partial charge in [0, 0.05) is 0 Å². The van der Waals surface area contributed by atoms with Crippen molar-refractivity contribution in [3.63, 3.8) is 0 Å². The Balaban J connectivity index is 6.25. The summed E-state index contributed by atoms with van der Waals surface area (Å²) in [4.78, 5) is 45.5. The molecule has 0 saturated carbocycles. The minimum Gasteiger partial charge on any atom is -0.481 e. The van der Waals surface area contributed by atoms with Gasteiger partial charge in [-0.3, -0.25) is 14.4 Å². The number of carboxylic acids is 3. The first-order valence-electron chi connectivity index (χ1n) is 5.66. The number of carbonyl (C=O) groups is 4. The van der Waals surface area contributed by atoms with Gasteiger partial charge < -0.3 is 15.3 Å². The van der Waals surface area contributed by atoms with Crippen LogP contribution < -0.4 is 0 Å². The largest absolute Gasteiger partial charge is 0.481 e. The molecule has 19 heavy (non-hydrogen) atoms. The molecule has 0 radical (unpaired) electrons. The average Bonchev–Trinajstić information content (AvgIpc) is 2.21. The number of rotatable bonds is 6. The molecule has 0 aliphatic rings. The van der Waals surface area contributed by atoms with E-state index in [1.54, 1.807) is 0 Å². The smallest absolute Gasteiger partial charge is 0.373 e. The second-order valence-electron chi connectivity index (χ2n) is 5.40. The predicted octanol–water partition coefficient (Wildman–Crippen LogP) is 0.868. The number of carboxylic acid groups (broad SMARTS) is 3. The fraction of sp³-hybridized carbons (Fsp3) is 0.667. The van der Waals surface area contributed by atoms with Crippen LogP contribution in [0.4, 0.5) is 0 Å². The highest BCUT2D eigenvalue weighted by atomic mass is 16.4. The van der Waals surface area contributed by atoms with Crippen molar-refractivity contribution >= 4 is 23.7 Å². The van der Waals surface area contributed by atoms with Gasteiger partial charge in [0.25, 0.3) is 5.78 Å². The van der Waals surface area contributed by atoms with Crippen molar-refractivity contribution in [1.82, 2.24) is 0 Å². The Morgan fingerprint density at radius 3 is 1.58 bits per heavy atom. The molecular formula is C12H18O7. The summed E-state index contributed by atoms with van der Waals surface area (Å²) in [6, 6.07) is 0. The van der Waals surface area contributed by atoms with Crippen LogP contribution in [0.3, 0.4) is 0 Å². The average molecular weight is 274 g/mol. The van der Waals surface area contributed by atoms with Gasteiger partial charge in [-0.2, -0.15) is 0 Å². The second-order valence-corrected chi connectivity index (χ2v) is 5.40. The summed E-state index contributed by atoms with van der Waals surface area (Å²) in [5.41, 5.74) is -3.57. The van der Waals surface area contributed by atoms with Crippen molar-refractivity contribution in [2.45, 2.75) is 34.1 Å². The molecule has 7 heteroatoms. The summed E-state index contributed by atoms with van der Waals surface area (Å²) < 4.78 is 0. The van der Waals surface area contributed by atoms with E-state index >= 15 is 0 Å². The minimum atomic E-state index is -2.48. The van der Waals surface area contributed by atoms with Crippen LogP contribution in [0.2, 0.25) is 0 Å². The zero-order valence-electron chi connectivity index (χ0n) is 11.3. The van der Waals surface area contributed by atoms with Crippen LogP contribution in [-0.2, 0) is 19.2 Å². The van der Waals surface area contributed by atoms with E-state index in [1.807, 2.05) is 0 Å². The van der Waals surface area contributed by atoms with Crippen LogP contribution in [0, 0.1) is 16.7 Å². The summed E-state index contributed by atoms with van der Waals surface area (Å²) in [6.45, 7) is 5.65. The molecule has 0 aromatic heterocycles. The molecule has 0 saturated heterocycles. The third-order valence-electron chi connectivity index (χ3n) is 3.14. The first-order valence-corrected chi connectivity index (χ1v) is 5.66. The lowest BCUT2D eigenvalue weighted by molar-refractivity contribution is -0.177. The summed E-state index contributed by atoms with van der Waals surface area (Å²) >= 11 is 0. The standard InChI is InChI=1S/C12H18O7/c1-5-12(10(18)19,7(13)9(16)17)6(8(14)15)11(2,3)4/h6H,5H2,1-4H3,(H,14,15)(H,16,17)(H,18,19). The van der Waals surface area contributed by atoms with E-state index < -0.39 is 46.9 Å². The molecule has 0 bridgehead atoms. The number of aliphatic carboxylic acids is 3. The fourth-order valence-corrected chi connectivity index (χ4v) is 2.38. The Kier molecular flexibility index (Phi) is 4.83. The zero-order valence-corrected chi connectivity index (χ0v) is 11.3. The van der Waals surface area contributed by atoms with Gasteiger partial charge >= 0.3 is 17.9 Å². The molecule has 0 aliphatic heterocycles. The highest BCUT2D eigenvalue weighted by molar-refractivity contribution is 6.39. The quantitative estimate of drug-likeness (QED) is 0.484. The summed E-state index contributed by atoms with van der Waals surface area (Å²) in [5.74, 6) is -8.44. The highest BCUT2D eigenvalue weighted by Crippen LogP contribution is 2.44. The predicted molar refractivity (Wildman–Crippen MR) is 63.6 cm³/mol. The minimum absolute atomic E-state index is 0.415. The third-order valence-corrected chi connectivity index (χ3v) is 3.14. The summed E-state index contributed by atoms with van der Waals surface area (Å²) in [6.07, 6.45) is -0.415. The van der Waals surface area contributed by atoms with E-state index in [4.69, 9.17) is 5.11 Å². The molecule has 3 N–H and O–H groups in total. The maximum atomic E-state index is 11.8. The lowest BCUT2D eigenvalue weighted by atomic mass is 9.60. The van der Waals surface area contributed by atoms with E-state index in [9.17, 15) is 29.4 Å². The molecule has 0 aliphatic carbocycles. The van der Waals surface area contributed by atoms with Gasteiger partial charge in [0.15, 0.2) is 5.41 Å². The Morgan fingerprint density at radius 2 is 1.42 bits per heavy atom. The Morgan fingerprint density at radius 1 is 1.00 bits per heavy atom. The van der Waals surface area contributed by atoms with Crippen LogP contribution in [0.1, 0.15) is 34.1 Å². The van der Waals surface area contributed by atoms with Crippen LogP contribution >= 0.6 is 0 Å². The normalized spacial score (nSPS) is 16.2. The molecule has 0 aromatic rings. The number of Topliss-reactive ketones (excluding diaryl/α,β-unsaturated/α-hetero) is 1. The fourth-order valence-electron chi connectivity index (χ4n) is 2.38. The van der Waals surface area contributed by atoms with E-state index in [-0.39, 0.29) is 0 Å². The molecule has 0 amide bonds. The Bertz CT molecular complexity index is 418. The van der Waals surface area contributed by atoms with E-state index in [2.05, 4.69) is 0 Å². The van der Waals surface area contributed by atoms with Crippen LogP contribution in [0.25, 0.3) is 0 Å². The van der Waals surface area contributed by atoms with Gasteiger partial charge in [-0.05, 0) is 11.8 Å². The van der Waals surface area contributed by atoms with Crippen molar-refractivity contribution in [1.29, 1.82) is 0 Å². The van der Waals surface area contributed by atoms with E-state index in [0.29, 0.717) is 0 Å².